The van der Waals surface area contributed by atoms with Crippen molar-refractivity contribution in [3.8, 4) is 5.75 Å². The first-order valence-corrected chi connectivity index (χ1v) is 7.05. The van der Waals surface area contributed by atoms with Crippen LogP contribution in [0.2, 0.25) is 5.02 Å². The zero-order valence-electron chi connectivity index (χ0n) is 11.1. The molecular weight excluding hydrogens is 264 g/mol. The maximum atomic E-state index is 6.18. The van der Waals surface area contributed by atoms with Gasteiger partial charge in [-0.3, -0.25) is 4.90 Å². The summed E-state index contributed by atoms with van der Waals surface area (Å²) in [7, 11) is 2.02. The summed E-state index contributed by atoms with van der Waals surface area (Å²) in [6.45, 7) is 4.00. The molecule has 1 N–H and O–H groups in total. The minimum atomic E-state index is 0.334. The highest BCUT2D eigenvalue weighted by molar-refractivity contribution is 6.30. The molecule has 1 aromatic carbocycles. The molecule has 1 atom stereocenters. The fraction of sp³-hybridized carbons (Fsp3) is 0.571. The number of hydrogen-bond donors (Lipinski definition) is 1. The van der Waals surface area contributed by atoms with E-state index in [2.05, 4.69) is 10.2 Å². The fourth-order valence-electron chi connectivity index (χ4n) is 2.83. The van der Waals surface area contributed by atoms with Crippen LogP contribution in [-0.4, -0.2) is 37.9 Å². The maximum absolute atomic E-state index is 6.18. The summed E-state index contributed by atoms with van der Waals surface area (Å²) in [6.07, 6.45) is 1.20. The molecule has 2 aliphatic heterocycles. The third-order valence-corrected chi connectivity index (χ3v) is 4.04. The highest BCUT2D eigenvalue weighted by atomic mass is 35.5. The second kappa shape index (κ2) is 5.67. The van der Waals surface area contributed by atoms with E-state index < -0.39 is 0 Å². The standard InChI is InChI=1S/C14H19ClN2O2/c1-16-13-2-3-17(7-13)6-10-4-12(15)5-11-8-18-9-19-14(10)11/h4-5,13,16H,2-3,6-9H2,1H3. The van der Waals surface area contributed by atoms with Gasteiger partial charge in [0.1, 0.15) is 5.75 Å². The van der Waals surface area contributed by atoms with Gasteiger partial charge in [0.05, 0.1) is 6.61 Å². The van der Waals surface area contributed by atoms with Gasteiger partial charge in [0.25, 0.3) is 0 Å². The van der Waals surface area contributed by atoms with Crippen LogP contribution in [-0.2, 0) is 17.9 Å². The monoisotopic (exact) mass is 282 g/mol. The van der Waals surface area contributed by atoms with Crippen LogP contribution in [0.15, 0.2) is 12.1 Å². The molecule has 0 bridgehead atoms. The summed E-state index contributed by atoms with van der Waals surface area (Å²) in [5, 5.41) is 4.09. The lowest BCUT2D eigenvalue weighted by Gasteiger charge is -2.23. The zero-order valence-corrected chi connectivity index (χ0v) is 11.9. The molecule has 1 saturated heterocycles. The predicted octanol–water partition coefficient (Wildman–Crippen LogP) is 2.00. The number of benzene rings is 1. The summed E-state index contributed by atoms with van der Waals surface area (Å²) >= 11 is 6.18. The van der Waals surface area contributed by atoms with Gasteiger partial charge in [-0.05, 0) is 25.6 Å². The van der Waals surface area contributed by atoms with E-state index >= 15 is 0 Å². The first-order chi connectivity index (χ1) is 9.26. The summed E-state index contributed by atoms with van der Waals surface area (Å²) in [4.78, 5) is 2.44. The second-order valence-corrected chi connectivity index (χ2v) is 5.61. The Kier molecular flexibility index (Phi) is 3.93. The molecule has 2 heterocycles. The molecule has 104 valence electrons. The Morgan fingerprint density at radius 3 is 3.16 bits per heavy atom. The zero-order chi connectivity index (χ0) is 13.2. The SMILES string of the molecule is CNC1CCN(Cc2cc(Cl)cc3c2OCOC3)C1. The van der Waals surface area contributed by atoms with E-state index in [1.165, 1.54) is 12.0 Å². The maximum Gasteiger partial charge on any atom is 0.189 e. The fourth-order valence-corrected chi connectivity index (χ4v) is 3.09. The Labute approximate surface area is 118 Å². The molecule has 0 spiro atoms. The molecule has 4 nitrogen and oxygen atoms in total. The van der Waals surface area contributed by atoms with Crippen LogP contribution in [0.5, 0.6) is 5.75 Å². The molecule has 0 amide bonds. The third-order valence-electron chi connectivity index (χ3n) is 3.83. The van der Waals surface area contributed by atoms with Gasteiger partial charge in [-0.1, -0.05) is 11.6 Å². The Hall–Kier alpha value is -0.810. The molecule has 5 heteroatoms. The van der Waals surface area contributed by atoms with Crippen molar-refractivity contribution in [2.75, 3.05) is 26.9 Å². The number of ether oxygens (including phenoxy) is 2. The van der Waals surface area contributed by atoms with E-state index in [4.69, 9.17) is 21.1 Å². The van der Waals surface area contributed by atoms with Crippen molar-refractivity contribution in [2.45, 2.75) is 25.6 Å². The first-order valence-electron chi connectivity index (χ1n) is 6.67. The van der Waals surface area contributed by atoms with Gasteiger partial charge in [0.2, 0.25) is 0 Å². The second-order valence-electron chi connectivity index (χ2n) is 5.17. The molecule has 1 aromatic rings. The molecular formula is C14H19ClN2O2. The molecule has 0 radical (unpaired) electrons. The summed E-state index contributed by atoms with van der Waals surface area (Å²) in [5.74, 6) is 0.962. The smallest absolute Gasteiger partial charge is 0.189 e. The third kappa shape index (κ3) is 2.87. The van der Waals surface area contributed by atoms with Gasteiger partial charge < -0.3 is 14.8 Å². The predicted molar refractivity (Wildman–Crippen MR) is 74.5 cm³/mol. The number of halogens is 1. The molecule has 0 aliphatic carbocycles. The van der Waals surface area contributed by atoms with E-state index in [9.17, 15) is 0 Å². The van der Waals surface area contributed by atoms with Crippen LogP contribution in [0.3, 0.4) is 0 Å². The Balaban J connectivity index is 1.79. The molecule has 0 aromatic heterocycles. The number of rotatable bonds is 3. The van der Waals surface area contributed by atoms with Gasteiger partial charge in [0.15, 0.2) is 6.79 Å². The summed E-state index contributed by atoms with van der Waals surface area (Å²) in [6, 6.07) is 4.54. The van der Waals surface area contributed by atoms with Crippen molar-refractivity contribution in [1.82, 2.24) is 10.2 Å². The molecule has 1 fully saturated rings. The van der Waals surface area contributed by atoms with Gasteiger partial charge in [-0.25, -0.2) is 0 Å². The Morgan fingerprint density at radius 2 is 2.37 bits per heavy atom. The van der Waals surface area contributed by atoms with Crippen molar-refractivity contribution in [2.24, 2.45) is 0 Å². The van der Waals surface area contributed by atoms with E-state index in [0.717, 1.165) is 36.0 Å². The van der Waals surface area contributed by atoms with Gasteiger partial charge in [-0.2, -0.15) is 0 Å². The summed E-state index contributed by atoms with van der Waals surface area (Å²) in [5.41, 5.74) is 2.22. The number of fused-ring (bicyclic) bond motifs is 1. The molecule has 0 saturated carbocycles. The number of likely N-dealkylation sites (N-methyl/N-ethyl adjacent to an activating group) is 1. The van der Waals surface area contributed by atoms with E-state index in [1.54, 1.807) is 0 Å². The number of nitrogens with one attached hydrogen (secondary N) is 1. The first kappa shape index (κ1) is 13.2. The van der Waals surface area contributed by atoms with Crippen LogP contribution >= 0.6 is 11.6 Å². The summed E-state index contributed by atoms with van der Waals surface area (Å²) < 4.78 is 11.0. The Bertz CT molecular complexity index is 467. The Morgan fingerprint density at radius 1 is 1.47 bits per heavy atom. The van der Waals surface area contributed by atoms with Crippen molar-refractivity contribution in [1.29, 1.82) is 0 Å². The lowest BCUT2D eigenvalue weighted by atomic mass is 10.1. The molecule has 1 unspecified atom stereocenters. The molecule has 19 heavy (non-hydrogen) atoms. The number of nitrogens with zero attached hydrogens (tertiary/aromatic N) is 1. The highest BCUT2D eigenvalue weighted by Crippen LogP contribution is 2.32. The van der Waals surface area contributed by atoms with Crippen LogP contribution in [0.4, 0.5) is 0 Å². The van der Waals surface area contributed by atoms with Gasteiger partial charge in [-0.15, -0.1) is 0 Å². The molecule has 3 rings (SSSR count). The van der Waals surface area contributed by atoms with Crippen molar-refractivity contribution >= 4 is 11.6 Å². The average Bonchev–Trinajstić information content (AvgIpc) is 2.86. The van der Waals surface area contributed by atoms with Crippen LogP contribution < -0.4 is 10.1 Å². The van der Waals surface area contributed by atoms with E-state index in [1.807, 2.05) is 19.2 Å². The van der Waals surface area contributed by atoms with E-state index in [-0.39, 0.29) is 0 Å². The lowest BCUT2D eigenvalue weighted by Crippen LogP contribution is -2.29. The van der Waals surface area contributed by atoms with Crippen molar-refractivity contribution in [3.05, 3.63) is 28.3 Å². The number of hydrogen-bond acceptors (Lipinski definition) is 4. The van der Waals surface area contributed by atoms with Crippen molar-refractivity contribution in [3.63, 3.8) is 0 Å². The lowest BCUT2D eigenvalue weighted by molar-refractivity contribution is -0.0174. The van der Waals surface area contributed by atoms with Crippen LogP contribution in [0.1, 0.15) is 17.5 Å². The minimum Gasteiger partial charge on any atom is -0.467 e. The largest absolute Gasteiger partial charge is 0.467 e. The van der Waals surface area contributed by atoms with Crippen molar-refractivity contribution < 1.29 is 9.47 Å². The normalized spacial score (nSPS) is 23.2. The van der Waals surface area contributed by atoms with Crippen LogP contribution in [0.25, 0.3) is 0 Å². The highest BCUT2D eigenvalue weighted by Gasteiger charge is 2.23. The molecule has 2 aliphatic rings. The minimum absolute atomic E-state index is 0.334. The number of likely N-dealkylation sites (tertiary alicyclic amines) is 1. The van der Waals surface area contributed by atoms with Crippen LogP contribution in [0, 0.1) is 0 Å². The topological polar surface area (TPSA) is 33.7 Å². The average molecular weight is 283 g/mol. The van der Waals surface area contributed by atoms with Gasteiger partial charge in [0, 0.05) is 41.8 Å². The quantitative estimate of drug-likeness (QED) is 0.919. The van der Waals surface area contributed by atoms with Gasteiger partial charge >= 0.3 is 0 Å². The van der Waals surface area contributed by atoms with E-state index in [0.29, 0.717) is 19.4 Å².